The smallest absolute Gasteiger partial charge is 0.416 e. The zero-order valence-corrected chi connectivity index (χ0v) is 11.4. The number of nitriles is 1. The Morgan fingerprint density at radius 3 is 2.29 bits per heavy atom. The SMILES string of the molecule is N#Cc1ccc(OCc2ccc(C(F)(F)F)cc2)cc1Cl. The summed E-state index contributed by atoms with van der Waals surface area (Å²) in [6.07, 6.45) is -4.35. The number of ether oxygens (including phenoxy) is 1. The molecule has 0 saturated carbocycles. The van der Waals surface area contributed by atoms with Crippen LogP contribution in [0.2, 0.25) is 5.02 Å². The Morgan fingerprint density at radius 2 is 1.76 bits per heavy atom. The molecule has 0 aliphatic heterocycles. The fraction of sp³-hybridized carbons (Fsp3) is 0.133. The Kier molecular flexibility index (Phi) is 4.39. The maximum atomic E-state index is 12.4. The van der Waals surface area contributed by atoms with Gasteiger partial charge in [0.2, 0.25) is 0 Å². The number of alkyl halides is 3. The lowest BCUT2D eigenvalue weighted by Gasteiger charge is -2.09. The minimum absolute atomic E-state index is 0.111. The largest absolute Gasteiger partial charge is 0.489 e. The summed E-state index contributed by atoms with van der Waals surface area (Å²) in [7, 11) is 0. The summed E-state index contributed by atoms with van der Waals surface area (Å²) < 4.78 is 42.7. The van der Waals surface area contributed by atoms with Crippen LogP contribution in [0.25, 0.3) is 0 Å². The molecule has 0 radical (unpaired) electrons. The standard InChI is InChI=1S/C15H9ClF3NO/c16-14-7-13(6-3-11(14)8-20)21-9-10-1-4-12(5-2-10)15(17,18)19/h1-7H,9H2. The van der Waals surface area contributed by atoms with E-state index in [1.165, 1.54) is 24.3 Å². The van der Waals surface area contributed by atoms with Crippen LogP contribution in [-0.4, -0.2) is 0 Å². The molecule has 0 spiro atoms. The third-order valence-corrected chi connectivity index (χ3v) is 3.06. The molecular weight excluding hydrogens is 303 g/mol. The van der Waals surface area contributed by atoms with Crippen molar-refractivity contribution in [1.82, 2.24) is 0 Å². The second-order valence-electron chi connectivity index (χ2n) is 4.24. The van der Waals surface area contributed by atoms with Crippen LogP contribution >= 0.6 is 11.6 Å². The number of rotatable bonds is 3. The molecule has 2 nitrogen and oxygen atoms in total. The van der Waals surface area contributed by atoms with Gasteiger partial charge in [0.25, 0.3) is 0 Å². The monoisotopic (exact) mass is 311 g/mol. The summed E-state index contributed by atoms with van der Waals surface area (Å²) in [4.78, 5) is 0. The molecule has 2 aromatic rings. The Hall–Kier alpha value is -2.19. The molecule has 0 aromatic heterocycles. The molecule has 2 rings (SSSR count). The van der Waals surface area contributed by atoms with E-state index in [0.29, 0.717) is 16.9 Å². The summed E-state index contributed by atoms with van der Waals surface area (Å²) in [6, 6.07) is 11.2. The third-order valence-electron chi connectivity index (χ3n) is 2.75. The van der Waals surface area contributed by atoms with Gasteiger partial charge in [-0.15, -0.1) is 0 Å². The maximum absolute atomic E-state index is 12.4. The van der Waals surface area contributed by atoms with Crippen molar-refractivity contribution in [2.45, 2.75) is 12.8 Å². The number of hydrogen-bond donors (Lipinski definition) is 0. The first-order valence-electron chi connectivity index (χ1n) is 5.89. The normalized spacial score (nSPS) is 11.0. The molecule has 21 heavy (non-hydrogen) atoms. The van der Waals surface area contributed by atoms with Crippen molar-refractivity contribution >= 4 is 11.6 Å². The van der Waals surface area contributed by atoms with Crippen LogP contribution in [0.15, 0.2) is 42.5 Å². The van der Waals surface area contributed by atoms with Gasteiger partial charge < -0.3 is 4.74 Å². The van der Waals surface area contributed by atoms with E-state index in [4.69, 9.17) is 21.6 Å². The predicted octanol–water partition coefficient (Wildman–Crippen LogP) is 4.81. The van der Waals surface area contributed by atoms with Crippen molar-refractivity contribution in [1.29, 1.82) is 5.26 Å². The Morgan fingerprint density at radius 1 is 1.10 bits per heavy atom. The molecule has 0 atom stereocenters. The number of hydrogen-bond acceptors (Lipinski definition) is 2. The molecule has 108 valence electrons. The summed E-state index contributed by atoms with van der Waals surface area (Å²) in [6.45, 7) is 0.111. The highest BCUT2D eigenvalue weighted by molar-refractivity contribution is 6.31. The first kappa shape index (κ1) is 15.2. The lowest BCUT2D eigenvalue weighted by Crippen LogP contribution is -2.05. The first-order valence-corrected chi connectivity index (χ1v) is 6.26. The van der Waals surface area contributed by atoms with Gasteiger partial charge in [-0.3, -0.25) is 0 Å². The van der Waals surface area contributed by atoms with Gasteiger partial charge >= 0.3 is 6.18 Å². The molecule has 0 aliphatic rings. The van der Waals surface area contributed by atoms with Crippen LogP contribution in [0.1, 0.15) is 16.7 Å². The van der Waals surface area contributed by atoms with Gasteiger partial charge in [0.05, 0.1) is 16.1 Å². The minimum atomic E-state index is -4.35. The van der Waals surface area contributed by atoms with Crippen molar-refractivity contribution in [2.75, 3.05) is 0 Å². The van der Waals surface area contributed by atoms with Crippen molar-refractivity contribution < 1.29 is 17.9 Å². The van der Waals surface area contributed by atoms with E-state index in [9.17, 15) is 13.2 Å². The summed E-state index contributed by atoms with van der Waals surface area (Å²) >= 11 is 5.85. The van der Waals surface area contributed by atoms with Gasteiger partial charge in [-0.1, -0.05) is 23.7 Å². The van der Waals surface area contributed by atoms with Crippen molar-refractivity contribution in [3.63, 3.8) is 0 Å². The quantitative estimate of drug-likeness (QED) is 0.815. The molecule has 0 amide bonds. The Balaban J connectivity index is 2.03. The topological polar surface area (TPSA) is 33.0 Å². The maximum Gasteiger partial charge on any atom is 0.416 e. The second kappa shape index (κ2) is 6.06. The van der Waals surface area contributed by atoms with E-state index in [0.717, 1.165) is 12.1 Å². The van der Waals surface area contributed by atoms with E-state index in [1.54, 1.807) is 6.07 Å². The highest BCUT2D eigenvalue weighted by atomic mass is 35.5. The van der Waals surface area contributed by atoms with Crippen LogP contribution < -0.4 is 4.74 Å². The highest BCUT2D eigenvalue weighted by Gasteiger charge is 2.29. The molecule has 0 aliphatic carbocycles. The van der Waals surface area contributed by atoms with Crippen LogP contribution in [0.5, 0.6) is 5.75 Å². The van der Waals surface area contributed by atoms with Gasteiger partial charge in [0, 0.05) is 6.07 Å². The fourth-order valence-electron chi connectivity index (χ4n) is 1.63. The van der Waals surface area contributed by atoms with Gasteiger partial charge in [-0.05, 0) is 29.8 Å². The molecule has 6 heteroatoms. The van der Waals surface area contributed by atoms with Crippen LogP contribution in [-0.2, 0) is 12.8 Å². The molecule has 0 saturated heterocycles. The molecule has 0 heterocycles. The van der Waals surface area contributed by atoms with E-state index in [1.807, 2.05) is 6.07 Å². The van der Waals surface area contributed by atoms with Gasteiger partial charge in [-0.25, -0.2) is 0 Å². The third kappa shape index (κ3) is 3.89. The number of halogens is 4. The number of benzene rings is 2. The highest BCUT2D eigenvalue weighted by Crippen LogP contribution is 2.29. The molecular formula is C15H9ClF3NO. The molecule has 0 fully saturated rings. The minimum Gasteiger partial charge on any atom is -0.489 e. The molecule has 0 unspecified atom stereocenters. The first-order chi connectivity index (χ1) is 9.90. The molecule has 0 bridgehead atoms. The van der Waals surface area contributed by atoms with Gasteiger partial charge in [0.15, 0.2) is 0 Å². The van der Waals surface area contributed by atoms with Gasteiger partial charge in [-0.2, -0.15) is 18.4 Å². The fourth-order valence-corrected chi connectivity index (χ4v) is 1.85. The summed E-state index contributed by atoms with van der Waals surface area (Å²) in [5.41, 5.74) is 0.231. The zero-order valence-electron chi connectivity index (χ0n) is 10.6. The van der Waals surface area contributed by atoms with Crippen LogP contribution in [0, 0.1) is 11.3 Å². The van der Waals surface area contributed by atoms with Crippen molar-refractivity contribution in [3.05, 3.63) is 64.2 Å². The van der Waals surface area contributed by atoms with E-state index < -0.39 is 11.7 Å². The van der Waals surface area contributed by atoms with Crippen LogP contribution in [0.4, 0.5) is 13.2 Å². The van der Waals surface area contributed by atoms with E-state index in [2.05, 4.69) is 0 Å². The molecule has 0 N–H and O–H groups in total. The molecule has 2 aromatic carbocycles. The van der Waals surface area contributed by atoms with E-state index in [-0.39, 0.29) is 11.6 Å². The summed E-state index contributed by atoms with van der Waals surface area (Å²) in [5.74, 6) is 0.443. The average Bonchev–Trinajstić information content (AvgIpc) is 2.45. The van der Waals surface area contributed by atoms with Crippen molar-refractivity contribution in [2.24, 2.45) is 0 Å². The zero-order chi connectivity index (χ0) is 15.5. The Labute approximate surface area is 124 Å². The second-order valence-corrected chi connectivity index (χ2v) is 4.64. The van der Waals surface area contributed by atoms with Gasteiger partial charge in [0.1, 0.15) is 18.4 Å². The summed E-state index contributed by atoms with van der Waals surface area (Å²) in [5, 5.41) is 9.01. The Bertz CT molecular complexity index is 675. The number of nitrogens with zero attached hydrogens (tertiary/aromatic N) is 1. The van der Waals surface area contributed by atoms with Crippen LogP contribution in [0.3, 0.4) is 0 Å². The van der Waals surface area contributed by atoms with Crippen molar-refractivity contribution in [3.8, 4) is 11.8 Å². The lowest BCUT2D eigenvalue weighted by atomic mass is 10.1. The van der Waals surface area contributed by atoms with E-state index >= 15 is 0 Å². The lowest BCUT2D eigenvalue weighted by molar-refractivity contribution is -0.137. The average molecular weight is 312 g/mol. The predicted molar refractivity (Wildman–Crippen MR) is 71.9 cm³/mol.